The first-order valence-corrected chi connectivity index (χ1v) is 10.5. The second-order valence-corrected chi connectivity index (χ2v) is 7.91. The topological polar surface area (TPSA) is 100 Å². The van der Waals surface area contributed by atoms with E-state index in [9.17, 15) is 23.1 Å². The number of hydrogen-bond donors (Lipinski definition) is 2. The number of pyridine rings is 1. The smallest absolute Gasteiger partial charge is 0.416 e. The van der Waals surface area contributed by atoms with Gasteiger partial charge in [0.1, 0.15) is 18.5 Å². The molecule has 0 spiro atoms. The van der Waals surface area contributed by atoms with Gasteiger partial charge in [-0.3, -0.25) is 9.88 Å². The Morgan fingerprint density at radius 1 is 1.15 bits per heavy atom. The molecule has 3 aromatic rings. The van der Waals surface area contributed by atoms with Crippen LogP contribution >= 0.6 is 0 Å². The summed E-state index contributed by atoms with van der Waals surface area (Å²) < 4.78 is 44.0. The third-order valence-corrected chi connectivity index (χ3v) is 5.45. The molecule has 1 aliphatic rings. The highest BCUT2D eigenvalue weighted by molar-refractivity contribution is 5.89. The summed E-state index contributed by atoms with van der Waals surface area (Å²) in [5.41, 5.74) is 0.862. The zero-order valence-electron chi connectivity index (χ0n) is 18.3. The number of aliphatic hydroxyl groups excluding tert-OH is 1. The lowest BCUT2D eigenvalue weighted by atomic mass is 10.0. The quantitative estimate of drug-likeness (QED) is 0.546. The van der Waals surface area contributed by atoms with E-state index in [1.54, 1.807) is 31.2 Å². The molecule has 3 heterocycles. The maximum atomic E-state index is 13.0. The van der Waals surface area contributed by atoms with E-state index < -0.39 is 30.0 Å². The lowest BCUT2D eigenvalue weighted by Crippen LogP contribution is -2.41. The molecule has 4 rings (SSSR count). The molecule has 2 N–H and O–H groups in total. The minimum absolute atomic E-state index is 0.0574. The predicted molar refractivity (Wildman–Crippen MR) is 118 cm³/mol. The van der Waals surface area contributed by atoms with Crippen molar-refractivity contribution in [2.24, 2.45) is 0 Å². The summed E-state index contributed by atoms with van der Waals surface area (Å²) in [6.45, 7) is 3.45. The molecule has 1 aliphatic heterocycles. The van der Waals surface area contributed by atoms with E-state index in [0.29, 0.717) is 16.8 Å². The zero-order chi connectivity index (χ0) is 24.5. The normalized spacial score (nSPS) is 17.9. The molecule has 34 heavy (non-hydrogen) atoms. The number of aromatic nitrogens is 3. The van der Waals surface area contributed by atoms with E-state index in [4.69, 9.17) is 4.74 Å². The Morgan fingerprint density at radius 3 is 2.62 bits per heavy atom. The minimum atomic E-state index is -4.42. The average Bonchev–Trinajstić information content (AvgIpc) is 3.20. The number of carbonyl (C=O) groups is 1. The van der Waals surface area contributed by atoms with Gasteiger partial charge in [-0.15, -0.1) is 0 Å². The van der Waals surface area contributed by atoms with Gasteiger partial charge in [-0.05, 0) is 43.7 Å². The summed E-state index contributed by atoms with van der Waals surface area (Å²) in [5, 5.41) is 13.0. The van der Waals surface area contributed by atoms with Crippen LogP contribution in [-0.2, 0) is 10.9 Å². The van der Waals surface area contributed by atoms with Crippen LogP contribution in [0.4, 0.5) is 29.7 Å². The Labute approximate surface area is 193 Å². The fraction of sp³-hybridized carbons (Fsp3) is 0.304. The van der Waals surface area contributed by atoms with E-state index in [0.717, 1.165) is 12.1 Å². The fourth-order valence-electron chi connectivity index (χ4n) is 3.58. The number of benzene rings is 1. The maximum absolute atomic E-state index is 13.0. The van der Waals surface area contributed by atoms with Crippen molar-refractivity contribution in [1.82, 2.24) is 15.0 Å². The van der Waals surface area contributed by atoms with Crippen molar-refractivity contribution < 1.29 is 27.8 Å². The van der Waals surface area contributed by atoms with Crippen LogP contribution in [0.5, 0.6) is 0 Å². The van der Waals surface area contributed by atoms with Gasteiger partial charge in [0.2, 0.25) is 5.95 Å². The van der Waals surface area contributed by atoms with Crippen molar-refractivity contribution in [2.45, 2.75) is 38.2 Å². The van der Waals surface area contributed by atoms with Crippen molar-refractivity contribution in [1.29, 1.82) is 0 Å². The van der Waals surface area contributed by atoms with Crippen LogP contribution in [0, 0.1) is 0 Å². The van der Waals surface area contributed by atoms with Gasteiger partial charge in [-0.25, -0.2) is 9.78 Å². The number of nitrogens with one attached hydrogen (secondary N) is 1. The second kappa shape index (κ2) is 9.26. The fourth-order valence-corrected chi connectivity index (χ4v) is 3.58. The third kappa shape index (κ3) is 4.93. The summed E-state index contributed by atoms with van der Waals surface area (Å²) >= 11 is 0. The zero-order valence-corrected chi connectivity index (χ0v) is 18.3. The highest BCUT2D eigenvalue weighted by Gasteiger charge is 2.38. The summed E-state index contributed by atoms with van der Waals surface area (Å²) in [7, 11) is 0. The lowest BCUT2D eigenvalue weighted by Gasteiger charge is -2.23. The molecule has 1 fully saturated rings. The number of anilines is 2. The summed E-state index contributed by atoms with van der Waals surface area (Å²) in [4.78, 5) is 26.3. The molecule has 8 nitrogen and oxygen atoms in total. The second-order valence-electron chi connectivity index (χ2n) is 7.91. The Kier molecular flexibility index (Phi) is 6.38. The molecule has 0 radical (unpaired) electrons. The van der Waals surface area contributed by atoms with E-state index in [1.165, 1.54) is 23.4 Å². The molecule has 11 heteroatoms. The summed E-state index contributed by atoms with van der Waals surface area (Å²) in [5.74, 6) is 0.517. The first kappa shape index (κ1) is 23.4. The van der Waals surface area contributed by atoms with Gasteiger partial charge < -0.3 is 15.2 Å². The predicted octanol–water partition coefficient (Wildman–Crippen LogP) is 4.44. The molecule has 1 saturated heterocycles. The number of rotatable bonds is 6. The first-order valence-electron chi connectivity index (χ1n) is 10.5. The van der Waals surface area contributed by atoms with Crippen molar-refractivity contribution >= 4 is 17.9 Å². The van der Waals surface area contributed by atoms with Gasteiger partial charge in [0.25, 0.3) is 0 Å². The number of alkyl halides is 3. The van der Waals surface area contributed by atoms with E-state index in [-0.39, 0.29) is 24.4 Å². The molecular formula is C23H22F3N5O3. The largest absolute Gasteiger partial charge is 0.447 e. The van der Waals surface area contributed by atoms with Crippen LogP contribution in [-0.4, -0.2) is 44.9 Å². The summed E-state index contributed by atoms with van der Waals surface area (Å²) in [6.07, 6.45) is -2.84. The highest BCUT2D eigenvalue weighted by Crippen LogP contribution is 2.32. The van der Waals surface area contributed by atoms with Gasteiger partial charge in [0.15, 0.2) is 0 Å². The summed E-state index contributed by atoms with van der Waals surface area (Å²) in [6, 6.07) is 9.11. The number of halogens is 3. The van der Waals surface area contributed by atoms with Gasteiger partial charge in [0.05, 0.1) is 23.4 Å². The van der Waals surface area contributed by atoms with Crippen LogP contribution in [0.15, 0.2) is 54.9 Å². The van der Waals surface area contributed by atoms with Crippen LogP contribution in [0.1, 0.15) is 31.1 Å². The first-order chi connectivity index (χ1) is 16.1. The number of carbonyl (C=O) groups excluding carboxylic acids is 1. The molecule has 0 bridgehead atoms. The number of nitrogens with zero attached hydrogens (tertiary/aromatic N) is 4. The SMILES string of the molecule is C[C@H](Nc1nccc(N2C(=O)OCC2[C@@H](C)O)n1)c1ccc(-c2cccc(C(F)(F)F)c2)cn1. The number of ether oxygens (including phenoxy) is 1. The Hall–Kier alpha value is -3.73. The molecule has 2 aromatic heterocycles. The highest BCUT2D eigenvalue weighted by atomic mass is 19.4. The minimum Gasteiger partial charge on any atom is -0.447 e. The van der Waals surface area contributed by atoms with Crippen molar-refractivity contribution in [3.8, 4) is 11.1 Å². The number of cyclic esters (lactones) is 1. The Balaban J connectivity index is 1.49. The van der Waals surface area contributed by atoms with Gasteiger partial charge in [-0.2, -0.15) is 18.2 Å². The van der Waals surface area contributed by atoms with Crippen LogP contribution in [0.3, 0.4) is 0 Å². The Morgan fingerprint density at radius 2 is 1.94 bits per heavy atom. The molecular weight excluding hydrogens is 451 g/mol. The van der Waals surface area contributed by atoms with E-state index >= 15 is 0 Å². The monoisotopic (exact) mass is 473 g/mol. The maximum Gasteiger partial charge on any atom is 0.416 e. The standard InChI is InChI=1S/C23H22F3N5O3/c1-13(18-7-6-16(11-28-18)15-4-3-5-17(10-15)23(24,25)26)29-21-27-9-8-20(30-21)31-19(14(2)32)12-34-22(31)33/h3-11,13-14,19,32H,12H2,1-2H3,(H,27,29,30)/t13-,14+,19?/m0/s1. The third-order valence-electron chi connectivity index (χ3n) is 5.45. The van der Waals surface area contributed by atoms with Crippen molar-refractivity contribution in [2.75, 3.05) is 16.8 Å². The number of aliphatic hydroxyl groups is 1. The van der Waals surface area contributed by atoms with Gasteiger partial charge in [-0.1, -0.05) is 18.2 Å². The molecule has 0 saturated carbocycles. The molecule has 178 valence electrons. The average molecular weight is 473 g/mol. The van der Waals surface area contributed by atoms with Crippen LogP contribution in [0.25, 0.3) is 11.1 Å². The van der Waals surface area contributed by atoms with Gasteiger partial charge in [0, 0.05) is 18.0 Å². The number of amides is 1. The molecule has 3 atom stereocenters. The lowest BCUT2D eigenvalue weighted by molar-refractivity contribution is -0.137. The van der Waals surface area contributed by atoms with Crippen molar-refractivity contribution in [3.63, 3.8) is 0 Å². The molecule has 0 aliphatic carbocycles. The molecule has 1 aromatic carbocycles. The van der Waals surface area contributed by atoms with Crippen molar-refractivity contribution in [3.05, 3.63) is 66.1 Å². The van der Waals surface area contributed by atoms with Crippen LogP contribution in [0.2, 0.25) is 0 Å². The molecule has 1 amide bonds. The van der Waals surface area contributed by atoms with E-state index in [2.05, 4.69) is 20.3 Å². The number of hydrogen-bond acceptors (Lipinski definition) is 7. The van der Waals surface area contributed by atoms with Gasteiger partial charge >= 0.3 is 12.3 Å². The molecule has 1 unspecified atom stereocenters. The Bertz CT molecular complexity index is 1170. The van der Waals surface area contributed by atoms with E-state index in [1.807, 2.05) is 6.92 Å². The van der Waals surface area contributed by atoms with Crippen LogP contribution < -0.4 is 10.2 Å².